The van der Waals surface area contributed by atoms with Crippen molar-refractivity contribution in [2.24, 2.45) is 0 Å². The summed E-state index contributed by atoms with van der Waals surface area (Å²) in [5.41, 5.74) is 0. The third-order valence-corrected chi connectivity index (χ3v) is 4.48. The predicted octanol–water partition coefficient (Wildman–Crippen LogP) is 1.07. The highest BCUT2D eigenvalue weighted by Gasteiger charge is 2.22. The van der Waals surface area contributed by atoms with Gasteiger partial charge in [-0.05, 0) is 19.8 Å². The van der Waals surface area contributed by atoms with Crippen molar-refractivity contribution in [3.8, 4) is 0 Å². The molecular formula is C11H18N2O3S. The van der Waals surface area contributed by atoms with E-state index in [1.165, 1.54) is 25.3 Å². The molecule has 1 unspecified atom stereocenters. The number of rotatable bonds is 6. The normalized spacial score (nSPS) is 18.2. The molecule has 0 bridgehead atoms. The summed E-state index contributed by atoms with van der Waals surface area (Å²) in [7, 11) is -3.12. The Kier molecular flexibility index (Phi) is 3.53. The zero-order valence-corrected chi connectivity index (χ0v) is 11.0. The van der Waals surface area contributed by atoms with Crippen LogP contribution in [-0.2, 0) is 16.3 Å². The molecule has 0 radical (unpaired) electrons. The Hall–Kier alpha value is -0.880. The summed E-state index contributed by atoms with van der Waals surface area (Å²) in [5, 5.41) is 2.73. The summed E-state index contributed by atoms with van der Waals surface area (Å²) in [5.74, 6) is 1.03. The highest BCUT2D eigenvalue weighted by Crippen LogP contribution is 2.22. The van der Waals surface area contributed by atoms with Gasteiger partial charge in [-0.1, -0.05) is 0 Å². The number of oxazole rings is 1. The van der Waals surface area contributed by atoms with Crippen LogP contribution in [0.1, 0.15) is 36.7 Å². The minimum atomic E-state index is -3.12. The fourth-order valence-electron chi connectivity index (χ4n) is 1.51. The van der Waals surface area contributed by atoms with Crippen LogP contribution in [0.15, 0.2) is 10.6 Å². The maximum atomic E-state index is 11.4. The van der Waals surface area contributed by atoms with Crippen LogP contribution < -0.4 is 5.32 Å². The van der Waals surface area contributed by atoms with E-state index in [1.807, 2.05) is 0 Å². The zero-order valence-electron chi connectivity index (χ0n) is 10.1. The molecule has 0 saturated heterocycles. The standard InChI is InChI=1S/C11H18N2O3S/c1-8(17(2,14)15)10-7-13-11(16-10)5-6-12-9-3-4-9/h7-9,12H,3-6H2,1-2H3. The van der Waals surface area contributed by atoms with Crippen LogP contribution in [0.4, 0.5) is 0 Å². The molecule has 1 atom stereocenters. The molecule has 1 aromatic rings. The van der Waals surface area contributed by atoms with Crippen molar-refractivity contribution < 1.29 is 12.8 Å². The topological polar surface area (TPSA) is 72.2 Å². The Morgan fingerprint density at radius 3 is 2.88 bits per heavy atom. The van der Waals surface area contributed by atoms with Crippen molar-refractivity contribution in [3.05, 3.63) is 17.8 Å². The lowest BCUT2D eigenvalue weighted by atomic mass is 10.4. The zero-order chi connectivity index (χ0) is 12.5. The maximum Gasteiger partial charge on any atom is 0.195 e. The van der Waals surface area contributed by atoms with Gasteiger partial charge < -0.3 is 9.73 Å². The van der Waals surface area contributed by atoms with Gasteiger partial charge in [-0.25, -0.2) is 13.4 Å². The SMILES string of the molecule is CC(c1cnc(CCNC2CC2)o1)S(C)(=O)=O. The molecule has 1 heterocycles. The first-order chi connectivity index (χ1) is 7.97. The van der Waals surface area contributed by atoms with Gasteiger partial charge >= 0.3 is 0 Å². The minimum Gasteiger partial charge on any atom is -0.444 e. The Bertz CT molecular complexity index is 477. The summed E-state index contributed by atoms with van der Waals surface area (Å²) < 4.78 is 28.1. The van der Waals surface area contributed by atoms with Gasteiger partial charge in [-0.15, -0.1) is 0 Å². The van der Waals surface area contributed by atoms with Crippen LogP contribution in [0.3, 0.4) is 0 Å². The Morgan fingerprint density at radius 1 is 1.59 bits per heavy atom. The number of nitrogens with zero attached hydrogens (tertiary/aromatic N) is 1. The van der Waals surface area contributed by atoms with Crippen molar-refractivity contribution in [3.63, 3.8) is 0 Å². The fraction of sp³-hybridized carbons (Fsp3) is 0.727. The summed E-state index contributed by atoms with van der Waals surface area (Å²) in [4.78, 5) is 4.10. The van der Waals surface area contributed by atoms with Crippen LogP contribution >= 0.6 is 0 Å². The quantitative estimate of drug-likeness (QED) is 0.826. The molecule has 96 valence electrons. The first kappa shape index (κ1) is 12.6. The maximum absolute atomic E-state index is 11.4. The summed E-state index contributed by atoms with van der Waals surface area (Å²) in [6.45, 7) is 2.44. The first-order valence-electron chi connectivity index (χ1n) is 5.83. The minimum absolute atomic E-state index is 0.425. The largest absolute Gasteiger partial charge is 0.444 e. The van der Waals surface area contributed by atoms with E-state index in [2.05, 4.69) is 10.3 Å². The van der Waals surface area contributed by atoms with Crippen molar-refractivity contribution >= 4 is 9.84 Å². The molecule has 0 spiro atoms. The monoisotopic (exact) mass is 258 g/mol. The van der Waals surface area contributed by atoms with Gasteiger partial charge in [0.25, 0.3) is 0 Å². The van der Waals surface area contributed by atoms with Crippen LogP contribution in [0, 0.1) is 0 Å². The Morgan fingerprint density at radius 2 is 2.29 bits per heavy atom. The number of sulfone groups is 1. The molecule has 5 nitrogen and oxygen atoms in total. The molecule has 17 heavy (non-hydrogen) atoms. The lowest BCUT2D eigenvalue weighted by Gasteiger charge is -2.04. The summed E-state index contributed by atoms with van der Waals surface area (Å²) in [6.07, 6.45) is 5.92. The summed E-state index contributed by atoms with van der Waals surface area (Å²) in [6, 6.07) is 0.666. The molecule has 1 N–H and O–H groups in total. The van der Waals surface area contributed by atoms with E-state index in [1.54, 1.807) is 6.92 Å². The van der Waals surface area contributed by atoms with Gasteiger partial charge in [0, 0.05) is 25.3 Å². The van der Waals surface area contributed by atoms with E-state index in [-0.39, 0.29) is 0 Å². The molecule has 1 fully saturated rings. The van der Waals surface area contributed by atoms with E-state index in [0.29, 0.717) is 24.1 Å². The summed E-state index contributed by atoms with van der Waals surface area (Å²) >= 11 is 0. The Balaban J connectivity index is 1.90. The van der Waals surface area contributed by atoms with Crippen molar-refractivity contribution in [2.75, 3.05) is 12.8 Å². The van der Waals surface area contributed by atoms with Crippen LogP contribution in [0.5, 0.6) is 0 Å². The second-order valence-corrected chi connectivity index (χ2v) is 6.97. The molecule has 6 heteroatoms. The number of hydrogen-bond donors (Lipinski definition) is 1. The lowest BCUT2D eigenvalue weighted by molar-refractivity contribution is 0.445. The lowest BCUT2D eigenvalue weighted by Crippen LogP contribution is -2.19. The molecule has 1 aliphatic rings. The van der Waals surface area contributed by atoms with Crippen molar-refractivity contribution in [1.82, 2.24) is 10.3 Å². The average Bonchev–Trinajstić information content (AvgIpc) is 2.93. The molecule has 1 aliphatic carbocycles. The number of nitrogens with one attached hydrogen (secondary N) is 1. The number of aromatic nitrogens is 1. The highest BCUT2D eigenvalue weighted by atomic mass is 32.2. The van der Waals surface area contributed by atoms with E-state index >= 15 is 0 Å². The molecule has 2 rings (SSSR count). The first-order valence-corrected chi connectivity index (χ1v) is 7.79. The van der Waals surface area contributed by atoms with Crippen LogP contribution in [0.2, 0.25) is 0 Å². The van der Waals surface area contributed by atoms with Gasteiger partial charge in [-0.3, -0.25) is 0 Å². The third-order valence-electron chi connectivity index (χ3n) is 2.96. The van der Waals surface area contributed by atoms with E-state index in [0.717, 1.165) is 6.54 Å². The second-order valence-electron chi connectivity index (χ2n) is 4.61. The fourth-order valence-corrected chi connectivity index (χ4v) is 2.04. The Labute approximate surface area is 102 Å². The van der Waals surface area contributed by atoms with Gasteiger partial charge in [0.2, 0.25) is 0 Å². The third kappa shape index (κ3) is 3.54. The van der Waals surface area contributed by atoms with Crippen molar-refractivity contribution in [1.29, 1.82) is 0 Å². The molecule has 1 aromatic heterocycles. The second kappa shape index (κ2) is 4.78. The van der Waals surface area contributed by atoms with E-state index < -0.39 is 15.1 Å². The van der Waals surface area contributed by atoms with Gasteiger partial charge in [0.05, 0.1) is 6.20 Å². The highest BCUT2D eigenvalue weighted by molar-refractivity contribution is 7.90. The van der Waals surface area contributed by atoms with Crippen LogP contribution in [-0.4, -0.2) is 32.2 Å². The van der Waals surface area contributed by atoms with Gasteiger partial charge in [0.15, 0.2) is 15.7 Å². The molecular weight excluding hydrogens is 240 g/mol. The molecule has 0 aliphatic heterocycles. The van der Waals surface area contributed by atoms with E-state index in [9.17, 15) is 8.42 Å². The molecule has 0 amide bonds. The number of hydrogen-bond acceptors (Lipinski definition) is 5. The van der Waals surface area contributed by atoms with Crippen LogP contribution in [0.25, 0.3) is 0 Å². The smallest absolute Gasteiger partial charge is 0.195 e. The van der Waals surface area contributed by atoms with Gasteiger partial charge in [0.1, 0.15) is 11.0 Å². The average molecular weight is 258 g/mol. The predicted molar refractivity (Wildman–Crippen MR) is 64.5 cm³/mol. The molecule has 1 saturated carbocycles. The van der Waals surface area contributed by atoms with Crippen molar-refractivity contribution in [2.45, 2.75) is 37.5 Å². The molecule has 0 aromatic carbocycles. The van der Waals surface area contributed by atoms with Gasteiger partial charge in [-0.2, -0.15) is 0 Å². The van der Waals surface area contributed by atoms with E-state index in [4.69, 9.17) is 4.42 Å².